The lowest BCUT2D eigenvalue weighted by atomic mass is 10.0. The Morgan fingerprint density at radius 2 is 1.96 bits per heavy atom. The van der Waals surface area contributed by atoms with Crippen LogP contribution in [-0.2, 0) is 14.8 Å². The summed E-state index contributed by atoms with van der Waals surface area (Å²) in [4.78, 5) is 14.8. The molecular weight excluding hydrogens is 370 g/mol. The Kier molecular flexibility index (Phi) is 6.71. The number of nitrogens with zero attached hydrogens (tertiary/aromatic N) is 2. The molecule has 2 fully saturated rings. The van der Waals surface area contributed by atoms with Gasteiger partial charge in [-0.2, -0.15) is 4.31 Å². The van der Waals surface area contributed by atoms with Crippen LogP contribution in [0.15, 0.2) is 21.7 Å². The van der Waals surface area contributed by atoms with Gasteiger partial charge in [-0.15, -0.1) is 11.3 Å². The molecule has 0 aromatic carbocycles. The van der Waals surface area contributed by atoms with Crippen LogP contribution in [0.3, 0.4) is 0 Å². The Morgan fingerprint density at radius 3 is 2.58 bits per heavy atom. The lowest BCUT2D eigenvalue weighted by molar-refractivity contribution is -0.122. The van der Waals surface area contributed by atoms with Crippen molar-refractivity contribution in [1.29, 1.82) is 0 Å². The van der Waals surface area contributed by atoms with Gasteiger partial charge in [-0.05, 0) is 43.0 Å². The van der Waals surface area contributed by atoms with E-state index in [9.17, 15) is 13.2 Å². The fraction of sp³-hybridized carbons (Fsp3) is 0.722. The predicted octanol–water partition coefficient (Wildman–Crippen LogP) is 2.14. The van der Waals surface area contributed by atoms with E-state index in [2.05, 4.69) is 10.2 Å². The average Bonchev–Trinajstić information content (AvgIpc) is 3.30. The van der Waals surface area contributed by atoms with Crippen molar-refractivity contribution in [3.63, 3.8) is 0 Å². The monoisotopic (exact) mass is 399 g/mol. The van der Waals surface area contributed by atoms with E-state index < -0.39 is 10.0 Å². The predicted molar refractivity (Wildman–Crippen MR) is 104 cm³/mol. The van der Waals surface area contributed by atoms with E-state index in [1.54, 1.807) is 17.5 Å². The molecule has 6 nitrogen and oxygen atoms in total. The summed E-state index contributed by atoms with van der Waals surface area (Å²) in [5.74, 6) is 0.638. The second-order valence-corrected chi connectivity index (χ2v) is 10.7. The van der Waals surface area contributed by atoms with Crippen molar-refractivity contribution in [1.82, 2.24) is 14.5 Å². The van der Waals surface area contributed by atoms with Gasteiger partial charge in [0.05, 0.1) is 6.54 Å². The van der Waals surface area contributed by atoms with Gasteiger partial charge >= 0.3 is 0 Å². The van der Waals surface area contributed by atoms with Crippen molar-refractivity contribution in [2.24, 2.45) is 5.92 Å². The SMILES string of the molecule is CN(CC(=O)NC1CCN(CC2CCCC2)CC1)S(=O)(=O)c1cccs1. The molecule has 0 bridgehead atoms. The Hall–Kier alpha value is -0.960. The summed E-state index contributed by atoms with van der Waals surface area (Å²) in [6.07, 6.45) is 7.36. The van der Waals surface area contributed by atoms with E-state index in [1.165, 1.54) is 50.6 Å². The third-order valence-electron chi connectivity index (χ3n) is 5.47. The largest absolute Gasteiger partial charge is 0.352 e. The second-order valence-electron chi connectivity index (χ2n) is 7.49. The Balaban J connectivity index is 1.41. The third-order valence-corrected chi connectivity index (χ3v) is 8.65. The van der Waals surface area contributed by atoms with Crippen LogP contribution in [-0.4, -0.2) is 62.8 Å². The molecule has 1 N–H and O–H groups in total. The van der Waals surface area contributed by atoms with Gasteiger partial charge in [-0.1, -0.05) is 18.9 Å². The fourth-order valence-electron chi connectivity index (χ4n) is 3.94. The Labute approximate surface area is 160 Å². The van der Waals surface area contributed by atoms with Gasteiger partial charge in [0.1, 0.15) is 4.21 Å². The molecular formula is C18H29N3O3S2. The van der Waals surface area contributed by atoms with Crippen molar-refractivity contribution in [3.8, 4) is 0 Å². The van der Waals surface area contributed by atoms with Crippen LogP contribution in [0.4, 0.5) is 0 Å². The molecule has 2 heterocycles. The van der Waals surface area contributed by atoms with Gasteiger partial charge in [0.25, 0.3) is 10.0 Å². The lowest BCUT2D eigenvalue weighted by Crippen LogP contribution is -2.48. The van der Waals surface area contributed by atoms with Crippen molar-refractivity contribution in [2.75, 3.05) is 33.2 Å². The number of rotatable bonds is 7. The molecule has 26 heavy (non-hydrogen) atoms. The molecule has 0 spiro atoms. The Morgan fingerprint density at radius 1 is 1.27 bits per heavy atom. The standard InChI is InChI=1S/C18H29N3O3S2/c1-20(26(23,24)18-7-4-12-25-18)14-17(22)19-16-8-10-21(11-9-16)13-15-5-2-3-6-15/h4,7,12,15-16H,2-3,5-6,8-11,13-14H2,1H3,(H,19,22). The Bertz CT molecular complexity index is 677. The first kappa shape index (κ1) is 19.8. The van der Waals surface area contributed by atoms with E-state index in [4.69, 9.17) is 0 Å². The number of likely N-dealkylation sites (tertiary alicyclic amines) is 1. The summed E-state index contributed by atoms with van der Waals surface area (Å²) in [6.45, 7) is 3.10. The molecule has 1 aromatic rings. The first-order valence-electron chi connectivity index (χ1n) is 9.46. The van der Waals surface area contributed by atoms with Crippen LogP contribution in [0.25, 0.3) is 0 Å². The minimum absolute atomic E-state index is 0.136. The summed E-state index contributed by atoms with van der Waals surface area (Å²) in [5, 5.41) is 4.74. The highest BCUT2D eigenvalue weighted by atomic mass is 32.2. The zero-order chi connectivity index (χ0) is 18.6. The summed E-state index contributed by atoms with van der Waals surface area (Å²) in [7, 11) is -2.11. The highest BCUT2D eigenvalue weighted by Crippen LogP contribution is 2.26. The number of amides is 1. The number of hydrogen-bond donors (Lipinski definition) is 1. The molecule has 1 amide bonds. The highest BCUT2D eigenvalue weighted by molar-refractivity contribution is 7.91. The topological polar surface area (TPSA) is 69.7 Å². The number of carbonyl (C=O) groups excluding carboxylic acids is 1. The van der Waals surface area contributed by atoms with Crippen LogP contribution in [0.2, 0.25) is 0 Å². The number of hydrogen-bond acceptors (Lipinski definition) is 5. The maximum absolute atomic E-state index is 12.4. The van der Waals surface area contributed by atoms with E-state index >= 15 is 0 Å². The molecule has 0 radical (unpaired) electrons. The maximum Gasteiger partial charge on any atom is 0.252 e. The summed E-state index contributed by atoms with van der Waals surface area (Å²) < 4.78 is 26.2. The lowest BCUT2D eigenvalue weighted by Gasteiger charge is -2.34. The van der Waals surface area contributed by atoms with E-state index in [0.717, 1.165) is 36.2 Å². The van der Waals surface area contributed by atoms with Gasteiger partial charge in [0, 0.05) is 32.7 Å². The smallest absolute Gasteiger partial charge is 0.252 e. The van der Waals surface area contributed by atoms with Crippen LogP contribution >= 0.6 is 11.3 Å². The van der Waals surface area contributed by atoms with Crippen molar-refractivity contribution < 1.29 is 13.2 Å². The molecule has 1 aliphatic carbocycles. The zero-order valence-electron chi connectivity index (χ0n) is 15.4. The minimum atomic E-state index is -3.57. The number of likely N-dealkylation sites (N-methyl/N-ethyl adjacent to an activating group) is 1. The van der Waals surface area contributed by atoms with Crippen LogP contribution in [0.1, 0.15) is 38.5 Å². The average molecular weight is 400 g/mol. The second kappa shape index (κ2) is 8.82. The molecule has 0 atom stereocenters. The quantitative estimate of drug-likeness (QED) is 0.763. The molecule has 1 saturated heterocycles. The molecule has 2 aliphatic rings. The number of nitrogens with one attached hydrogen (secondary N) is 1. The molecule has 146 valence electrons. The van der Waals surface area contributed by atoms with Crippen LogP contribution < -0.4 is 5.32 Å². The van der Waals surface area contributed by atoms with Crippen LogP contribution in [0, 0.1) is 5.92 Å². The van der Waals surface area contributed by atoms with Gasteiger partial charge in [0.2, 0.25) is 5.91 Å². The van der Waals surface area contributed by atoms with Crippen molar-refractivity contribution in [3.05, 3.63) is 17.5 Å². The van der Waals surface area contributed by atoms with Crippen LogP contribution in [0.5, 0.6) is 0 Å². The number of carbonyl (C=O) groups is 1. The number of piperidine rings is 1. The number of sulfonamides is 1. The van der Waals surface area contributed by atoms with Gasteiger partial charge in [-0.25, -0.2) is 8.42 Å². The van der Waals surface area contributed by atoms with Gasteiger partial charge in [0.15, 0.2) is 0 Å². The van der Waals surface area contributed by atoms with E-state index in [-0.39, 0.29) is 22.7 Å². The molecule has 0 unspecified atom stereocenters. The maximum atomic E-state index is 12.4. The normalized spacial score (nSPS) is 20.7. The summed E-state index contributed by atoms with van der Waals surface area (Å²) >= 11 is 1.17. The van der Waals surface area contributed by atoms with Crippen molar-refractivity contribution >= 4 is 27.3 Å². The number of thiophene rings is 1. The first-order valence-corrected chi connectivity index (χ1v) is 11.8. The molecule has 1 saturated carbocycles. The van der Waals surface area contributed by atoms with E-state index in [1.807, 2.05) is 0 Å². The van der Waals surface area contributed by atoms with Gasteiger partial charge in [-0.3, -0.25) is 4.79 Å². The first-order chi connectivity index (χ1) is 12.4. The molecule has 1 aliphatic heterocycles. The molecule has 8 heteroatoms. The summed E-state index contributed by atoms with van der Waals surface area (Å²) in [5.41, 5.74) is 0. The molecule has 3 rings (SSSR count). The molecule has 1 aromatic heterocycles. The third kappa shape index (κ3) is 5.06. The van der Waals surface area contributed by atoms with E-state index in [0.29, 0.717) is 0 Å². The van der Waals surface area contributed by atoms with Crippen molar-refractivity contribution in [2.45, 2.75) is 48.8 Å². The van der Waals surface area contributed by atoms with Gasteiger partial charge < -0.3 is 10.2 Å². The zero-order valence-corrected chi connectivity index (χ0v) is 17.0. The fourth-order valence-corrected chi connectivity index (χ4v) is 6.27. The summed E-state index contributed by atoms with van der Waals surface area (Å²) in [6, 6.07) is 3.42. The minimum Gasteiger partial charge on any atom is -0.352 e. The highest BCUT2D eigenvalue weighted by Gasteiger charge is 2.27.